The summed E-state index contributed by atoms with van der Waals surface area (Å²) < 4.78 is 0. The molecule has 1 fully saturated rings. The molecule has 0 saturated carbocycles. The molecule has 1 heterocycles. The van der Waals surface area contributed by atoms with Gasteiger partial charge < -0.3 is 10.6 Å². The van der Waals surface area contributed by atoms with E-state index in [2.05, 4.69) is 48.7 Å². The predicted octanol–water partition coefficient (Wildman–Crippen LogP) is 2.19. The summed E-state index contributed by atoms with van der Waals surface area (Å²) in [5.41, 5.74) is 2.72. The molecule has 2 heteroatoms. The Balaban J connectivity index is 2.13. The molecule has 1 aromatic carbocycles. The minimum atomic E-state index is 0.590. The first-order chi connectivity index (χ1) is 6.77. The van der Waals surface area contributed by atoms with E-state index in [0.717, 1.165) is 13.1 Å². The highest BCUT2D eigenvalue weighted by Crippen LogP contribution is 2.24. The molecule has 2 nitrogen and oxygen atoms in total. The smallest absolute Gasteiger partial charge is 0.0510 e. The highest BCUT2D eigenvalue weighted by atomic mass is 15.1. The van der Waals surface area contributed by atoms with Crippen molar-refractivity contribution in [2.45, 2.75) is 25.8 Å². The molecule has 0 radical (unpaired) electrons. The zero-order chi connectivity index (χ0) is 9.97. The van der Waals surface area contributed by atoms with Crippen molar-refractivity contribution in [2.75, 3.05) is 18.4 Å². The van der Waals surface area contributed by atoms with Gasteiger partial charge in [0, 0.05) is 18.8 Å². The summed E-state index contributed by atoms with van der Waals surface area (Å²) >= 11 is 0. The molecule has 0 aromatic heterocycles. The van der Waals surface area contributed by atoms with Crippen molar-refractivity contribution in [3.8, 4) is 0 Å². The number of hydrogen-bond donors (Lipinski definition) is 2. The zero-order valence-electron chi connectivity index (χ0n) is 8.88. The third kappa shape index (κ3) is 1.90. The van der Waals surface area contributed by atoms with Crippen molar-refractivity contribution in [3.05, 3.63) is 29.8 Å². The SMILES string of the molecule is CC(C)c1ccccc1NC1CNC1. The van der Waals surface area contributed by atoms with Crippen LogP contribution in [-0.2, 0) is 0 Å². The van der Waals surface area contributed by atoms with Gasteiger partial charge in [-0.15, -0.1) is 0 Å². The van der Waals surface area contributed by atoms with Gasteiger partial charge in [-0.3, -0.25) is 0 Å². The molecular formula is C12H18N2. The Hall–Kier alpha value is -1.02. The van der Waals surface area contributed by atoms with E-state index in [1.807, 2.05) is 0 Å². The van der Waals surface area contributed by atoms with Crippen molar-refractivity contribution < 1.29 is 0 Å². The Morgan fingerprint density at radius 2 is 2.00 bits per heavy atom. The molecule has 2 N–H and O–H groups in total. The normalized spacial score (nSPS) is 16.8. The van der Waals surface area contributed by atoms with E-state index in [0.29, 0.717) is 12.0 Å². The fourth-order valence-corrected chi connectivity index (χ4v) is 1.74. The van der Waals surface area contributed by atoms with Crippen LogP contribution in [0.2, 0.25) is 0 Å². The zero-order valence-corrected chi connectivity index (χ0v) is 8.88. The lowest BCUT2D eigenvalue weighted by Crippen LogP contribution is -2.51. The summed E-state index contributed by atoms with van der Waals surface area (Å²) in [6, 6.07) is 9.21. The Kier molecular flexibility index (Phi) is 2.73. The van der Waals surface area contributed by atoms with Crippen molar-refractivity contribution in [3.63, 3.8) is 0 Å². The van der Waals surface area contributed by atoms with Gasteiger partial charge in [-0.25, -0.2) is 0 Å². The minimum absolute atomic E-state index is 0.590. The molecule has 0 atom stereocenters. The summed E-state index contributed by atoms with van der Waals surface area (Å²) in [6.45, 7) is 6.65. The fraction of sp³-hybridized carbons (Fsp3) is 0.500. The molecule has 1 aliphatic rings. The minimum Gasteiger partial charge on any atom is -0.380 e. The Bertz CT molecular complexity index is 303. The molecule has 2 rings (SSSR count). The van der Waals surface area contributed by atoms with Crippen molar-refractivity contribution in [2.24, 2.45) is 0 Å². The fourth-order valence-electron chi connectivity index (χ4n) is 1.74. The molecule has 0 aliphatic carbocycles. The van der Waals surface area contributed by atoms with Crippen LogP contribution in [0, 0.1) is 0 Å². The van der Waals surface area contributed by atoms with Crippen LogP contribution >= 0.6 is 0 Å². The van der Waals surface area contributed by atoms with Crippen LogP contribution in [-0.4, -0.2) is 19.1 Å². The lowest BCUT2D eigenvalue weighted by atomic mass is 10.0. The van der Waals surface area contributed by atoms with E-state index < -0.39 is 0 Å². The van der Waals surface area contributed by atoms with Gasteiger partial charge in [-0.1, -0.05) is 32.0 Å². The third-order valence-corrected chi connectivity index (χ3v) is 2.72. The molecule has 76 valence electrons. The summed E-state index contributed by atoms with van der Waals surface area (Å²) in [5, 5.41) is 6.83. The molecule has 1 saturated heterocycles. The first kappa shape index (κ1) is 9.53. The quantitative estimate of drug-likeness (QED) is 0.763. The van der Waals surface area contributed by atoms with Crippen LogP contribution in [0.4, 0.5) is 5.69 Å². The van der Waals surface area contributed by atoms with E-state index in [1.54, 1.807) is 0 Å². The van der Waals surface area contributed by atoms with Crippen LogP contribution in [0.25, 0.3) is 0 Å². The van der Waals surface area contributed by atoms with Crippen LogP contribution in [0.15, 0.2) is 24.3 Å². The van der Waals surface area contributed by atoms with Crippen LogP contribution in [0.1, 0.15) is 25.3 Å². The predicted molar refractivity (Wildman–Crippen MR) is 60.8 cm³/mol. The lowest BCUT2D eigenvalue weighted by molar-refractivity contribution is 0.471. The second-order valence-corrected chi connectivity index (χ2v) is 4.24. The average molecular weight is 190 g/mol. The van der Waals surface area contributed by atoms with Gasteiger partial charge in [0.25, 0.3) is 0 Å². The molecule has 0 amide bonds. The number of anilines is 1. The number of nitrogens with one attached hydrogen (secondary N) is 2. The molecular weight excluding hydrogens is 172 g/mol. The van der Waals surface area contributed by atoms with Gasteiger partial charge in [-0.2, -0.15) is 0 Å². The maximum absolute atomic E-state index is 3.57. The second kappa shape index (κ2) is 4.01. The van der Waals surface area contributed by atoms with Gasteiger partial charge in [0.05, 0.1) is 6.04 Å². The van der Waals surface area contributed by atoms with Crippen LogP contribution in [0.3, 0.4) is 0 Å². The highest BCUT2D eigenvalue weighted by Gasteiger charge is 2.17. The van der Waals surface area contributed by atoms with Gasteiger partial charge in [-0.05, 0) is 17.5 Å². The average Bonchev–Trinajstić information content (AvgIpc) is 2.12. The number of para-hydroxylation sites is 1. The maximum atomic E-state index is 3.57. The monoisotopic (exact) mass is 190 g/mol. The van der Waals surface area contributed by atoms with Crippen molar-refractivity contribution >= 4 is 5.69 Å². The Morgan fingerprint density at radius 3 is 2.57 bits per heavy atom. The van der Waals surface area contributed by atoms with E-state index in [-0.39, 0.29) is 0 Å². The summed E-state index contributed by atoms with van der Waals surface area (Å²) in [4.78, 5) is 0. The summed E-state index contributed by atoms with van der Waals surface area (Å²) in [5.74, 6) is 0.590. The van der Waals surface area contributed by atoms with Gasteiger partial charge in [0.1, 0.15) is 0 Å². The van der Waals surface area contributed by atoms with Crippen LogP contribution in [0.5, 0.6) is 0 Å². The third-order valence-electron chi connectivity index (χ3n) is 2.72. The van der Waals surface area contributed by atoms with E-state index in [4.69, 9.17) is 0 Å². The largest absolute Gasteiger partial charge is 0.380 e. The van der Waals surface area contributed by atoms with Gasteiger partial charge in [0.2, 0.25) is 0 Å². The van der Waals surface area contributed by atoms with Crippen molar-refractivity contribution in [1.29, 1.82) is 0 Å². The standard InChI is InChI=1S/C12H18N2/c1-9(2)11-5-3-4-6-12(11)14-10-7-13-8-10/h3-6,9-10,13-14H,7-8H2,1-2H3. The molecule has 1 aromatic rings. The molecule has 14 heavy (non-hydrogen) atoms. The lowest BCUT2D eigenvalue weighted by Gasteiger charge is -2.30. The maximum Gasteiger partial charge on any atom is 0.0510 e. The Labute approximate surface area is 85.7 Å². The Morgan fingerprint density at radius 1 is 1.29 bits per heavy atom. The number of hydrogen-bond acceptors (Lipinski definition) is 2. The van der Waals surface area contributed by atoms with E-state index in [9.17, 15) is 0 Å². The first-order valence-corrected chi connectivity index (χ1v) is 5.33. The topological polar surface area (TPSA) is 24.1 Å². The number of rotatable bonds is 3. The second-order valence-electron chi connectivity index (χ2n) is 4.24. The molecule has 0 bridgehead atoms. The van der Waals surface area contributed by atoms with Crippen molar-refractivity contribution in [1.82, 2.24) is 5.32 Å². The molecule has 0 spiro atoms. The molecule has 0 unspecified atom stereocenters. The highest BCUT2D eigenvalue weighted by molar-refractivity contribution is 5.53. The first-order valence-electron chi connectivity index (χ1n) is 5.33. The number of benzene rings is 1. The van der Waals surface area contributed by atoms with E-state index >= 15 is 0 Å². The van der Waals surface area contributed by atoms with Crippen LogP contribution < -0.4 is 10.6 Å². The summed E-state index contributed by atoms with van der Waals surface area (Å²) in [7, 11) is 0. The van der Waals surface area contributed by atoms with Gasteiger partial charge >= 0.3 is 0 Å². The molecule has 1 aliphatic heterocycles. The van der Waals surface area contributed by atoms with Gasteiger partial charge in [0.15, 0.2) is 0 Å². The summed E-state index contributed by atoms with van der Waals surface area (Å²) in [6.07, 6.45) is 0. The van der Waals surface area contributed by atoms with E-state index in [1.165, 1.54) is 11.3 Å².